The number of hydrogen-bond acceptors (Lipinski definition) is 3. The molecule has 2 rings (SSSR count). The van der Waals surface area contributed by atoms with Gasteiger partial charge in [0, 0.05) is 42.7 Å². The summed E-state index contributed by atoms with van der Waals surface area (Å²) in [5, 5.41) is 0. The second-order valence-corrected chi connectivity index (χ2v) is 5.87. The SMILES string of the molecule is CCCOCC1CCN(Cc2[nH]cc(C)c(=O)c2C)C1. The third-order valence-corrected chi connectivity index (χ3v) is 4.07. The molecule has 1 aromatic rings. The van der Waals surface area contributed by atoms with E-state index in [2.05, 4.69) is 16.8 Å². The molecule has 1 atom stereocenters. The van der Waals surface area contributed by atoms with Crippen molar-refractivity contribution in [1.82, 2.24) is 9.88 Å². The van der Waals surface area contributed by atoms with Crippen LogP contribution < -0.4 is 5.43 Å². The molecule has 0 aliphatic carbocycles. The van der Waals surface area contributed by atoms with E-state index >= 15 is 0 Å². The number of likely N-dealkylation sites (tertiary alicyclic amines) is 1. The van der Waals surface area contributed by atoms with Crippen LogP contribution in [0.5, 0.6) is 0 Å². The van der Waals surface area contributed by atoms with Crippen molar-refractivity contribution >= 4 is 0 Å². The van der Waals surface area contributed by atoms with Crippen LogP contribution in [0.2, 0.25) is 0 Å². The minimum atomic E-state index is 0.167. The summed E-state index contributed by atoms with van der Waals surface area (Å²) in [5.74, 6) is 0.638. The molecule has 1 fully saturated rings. The van der Waals surface area contributed by atoms with E-state index in [-0.39, 0.29) is 5.43 Å². The number of H-pyrrole nitrogens is 1. The summed E-state index contributed by atoms with van der Waals surface area (Å²) in [5.41, 5.74) is 2.87. The quantitative estimate of drug-likeness (QED) is 0.812. The first-order chi connectivity index (χ1) is 9.61. The smallest absolute Gasteiger partial charge is 0.187 e. The normalized spacial score (nSPS) is 19.6. The molecule has 1 saturated heterocycles. The van der Waals surface area contributed by atoms with Crippen LogP contribution in [0.3, 0.4) is 0 Å². The first-order valence-corrected chi connectivity index (χ1v) is 7.59. The van der Waals surface area contributed by atoms with Gasteiger partial charge in [-0.25, -0.2) is 0 Å². The van der Waals surface area contributed by atoms with Crippen molar-refractivity contribution in [3.63, 3.8) is 0 Å². The molecule has 1 aliphatic heterocycles. The van der Waals surface area contributed by atoms with Gasteiger partial charge in [0.2, 0.25) is 0 Å². The zero-order chi connectivity index (χ0) is 14.5. The van der Waals surface area contributed by atoms with Gasteiger partial charge in [-0.2, -0.15) is 0 Å². The third kappa shape index (κ3) is 3.70. The molecule has 1 N–H and O–H groups in total. The number of aromatic amines is 1. The zero-order valence-electron chi connectivity index (χ0n) is 12.9. The van der Waals surface area contributed by atoms with Crippen LogP contribution in [0.4, 0.5) is 0 Å². The standard InChI is InChI=1S/C16H26N2O2/c1-4-7-20-11-14-5-6-18(9-14)10-15-13(3)16(19)12(2)8-17-15/h8,14H,4-7,9-11H2,1-3H3,(H,17,19). The second kappa shape index (κ2) is 7.04. The van der Waals surface area contributed by atoms with Gasteiger partial charge >= 0.3 is 0 Å². The van der Waals surface area contributed by atoms with Crippen LogP contribution in [0.25, 0.3) is 0 Å². The summed E-state index contributed by atoms with van der Waals surface area (Å²) in [6.45, 7) is 10.6. The van der Waals surface area contributed by atoms with Gasteiger partial charge < -0.3 is 9.72 Å². The lowest BCUT2D eigenvalue weighted by Gasteiger charge is -2.17. The number of nitrogens with zero attached hydrogens (tertiary/aromatic N) is 1. The Morgan fingerprint density at radius 2 is 2.25 bits per heavy atom. The highest BCUT2D eigenvalue weighted by Crippen LogP contribution is 2.19. The molecule has 4 nitrogen and oxygen atoms in total. The number of hydrogen-bond donors (Lipinski definition) is 1. The number of aryl methyl sites for hydroxylation is 1. The molecule has 4 heteroatoms. The third-order valence-electron chi connectivity index (χ3n) is 4.07. The Hall–Kier alpha value is -1.13. The number of nitrogens with one attached hydrogen (secondary N) is 1. The van der Waals surface area contributed by atoms with Crippen molar-refractivity contribution in [2.24, 2.45) is 5.92 Å². The van der Waals surface area contributed by atoms with Crippen molar-refractivity contribution in [1.29, 1.82) is 0 Å². The largest absolute Gasteiger partial charge is 0.381 e. The topological polar surface area (TPSA) is 45.3 Å². The van der Waals surface area contributed by atoms with Crippen LogP contribution in [-0.2, 0) is 11.3 Å². The van der Waals surface area contributed by atoms with Gasteiger partial charge in [-0.3, -0.25) is 9.69 Å². The number of ether oxygens (including phenoxy) is 1. The molecule has 0 saturated carbocycles. The Morgan fingerprint density at radius 3 is 3.00 bits per heavy atom. The number of pyridine rings is 1. The Balaban J connectivity index is 1.89. The average Bonchev–Trinajstić information content (AvgIpc) is 2.88. The first-order valence-electron chi connectivity index (χ1n) is 7.59. The highest BCUT2D eigenvalue weighted by atomic mass is 16.5. The van der Waals surface area contributed by atoms with E-state index in [0.717, 1.165) is 56.1 Å². The fraction of sp³-hybridized carbons (Fsp3) is 0.688. The van der Waals surface area contributed by atoms with E-state index in [1.54, 1.807) is 0 Å². The van der Waals surface area contributed by atoms with Crippen LogP contribution in [0.15, 0.2) is 11.0 Å². The Morgan fingerprint density at radius 1 is 1.45 bits per heavy atom. The van der Waals surface area contributed by atoms with Crippen LogP contribution in [0, 0.1) is 19.8 Å². The van der Waals surface area contributed by atoms with E-state index in [1.807, 2.05) is 20.0 Å². The van der Waals surface area contributed by atoms with E-state index in [9.17, 15) is 4.79 Å². The summed E-state index contributed by atoms with van der Waals surface area (Å²) < 4.78 is 5.64. The predicted octanol–water partition coefficient (Wildman–Crippen LogP) is 2.24. The summed E-state index contributed by atoms with van der Waals surface area (Å²) in [4.78, 5) is 17.6. The Kier molecular flexibility index (Phi) is 5.38. The van der Waals surface area contributed by atoms with Gasteiger partial charge in [-0.15, -0.1) is 0 Å². The predicted molar refractivity (Wildman–Crippen MR) is 81.0 cm³/mol. The molecule has 20 heavy (non-hydrogen) atoms. The van der Waals surface area contributed by atoms with Crippen LogP contribution >= 0.6 is 0 Å². The first kappa shape index (κ1) is 15.3. The molecule has 0 bridgehead atoms. The van der Waals surface area contributed by atoms with Crippen molar-refractivity contribution in [3.05, 3.63) is 33.2 Å². The maximum Gasteiger partial charge on any atom is 0.187 e. The minimum absolute atomic E-state index is 0.167. The molecular formula is C16H26N2O2. The lowest BCUT2D eigenvalue weighted by Crippen LogP contribution is -2.24. The number of aromatic nitrogens is 1. The van der Waals surface area contributed by atoms with Crippen molar-refractivity contribution in [2.75, 3.05) is 26.3 Å². The maximum absolute atomic E-state index is 11.9. The monoisotopic (exact) mass is 278 g/mol. The molecule has 0 aromatic carbocycles. The van der Waals surface area contributed by atoms with Gasteiger partial charge in [-0.1, -0.05) is 6.92 Å². The second-order valence-electron chi connectivity index (χ2n) is 5.87. The van der Waals surface area contributed by atoms with E-state index < -0.39 is 0 Å². The van der Waals surface area contributed by atoms with Crippen molar-refractivity contribution in [2.45, 2.75) is 40.2 Å². The molecular weight excluding hydrogens is 252 g/mol. The molecule has 0 amide bonds. The highest BCUT2D eigenvalue weighted by molar-refractivity contribution is 5.23. The lowest BCUT2D eigenvalue weighted by molar-refractivity contribution is 0.101. The van der Waals surface area contributed by atoms with E-state index in [1.165, 1.54) is 6.42 Å². The van der Waals surface area contributed by atoms with Gasteiger partial charge in [0.25, 0.3) is 0 Å². The summed E-state index contributed by atoms with van der Waals surface area (Å²) in [7, 11) is 0. The number of rotatable bonds is 6. The van der Waals surface area contributed by atoms with Crippen LogP contribution in [0.1, 0.15) is 36.6 Å². The Labute approximate surface area is 121 Å². The summed E-state index contributed by atoms with van der Waals surface area (Å²) in [6.07, 6.45) is 4.10. The van der Waals surface area contributed by atoms with Gasteiger partial charge in [0.05, 0.1) is 6.61 Å². The summed E-state index contributed by atoms with van der Waals surface area (Å²) >= 11 is 0. The highest BCUT2D eigenvalue weighted by Gasteiger charge is 2.23. The molecule has 1 aliphatic rings. The zero-order valence-corrected chi connectivity index (χ0v) is 12.9. The van der Waals surface area contributed by atoms with Gasteiger partial charge in [-0.05, 0) is 39.2 Å². The minimum Gasteiger partial charge on any atom is -0.381 e. The average molecular weight is 278 g/mol. The Bertz CT molecular complexity index is 496. The fourth-order valence-corrected chi connectivity index (χ4v) is 2.78. The van der Waals surface area contributed by atoms with E-state index in [4.69, 9.17) is 4.74 Å². The molecule has 0 radical (unpaired) electrons. The fourth-order valence-electron chi connectivity index (χ4n) is 2.78. The van der Waals surface area contributed by atoms with Crippen molar-refractivity contribution < 1.29 is 4.74 Å². The molecule has 0 spiro atoms. The van der Waals surface area contributed by atoms with Crippen LogP contribution in [-0.4, -0.2) is 36.2 Å². The molecule has 1 aromatic heterocycles. The lowest BCUT2D eigenvalue weighted by atomic mass is 10.1. The van der Waals surface area contributed by atoms with E-state index in [0.29, 0.717) is 5.92 Å². The molecule has 1 unspecified atom stereocenters. The maximum atomic E-state index is 11.9. The summed E-state index contributed by atoms with van der Waals surface area (Å²) in [6, 6.07) is 0. The van der Waals surface area contributed by atoms with Gasteiger partial charge in [0.15, 0.2) is 5.43 Å². The van der Waals surface area contributed by atoms with Gasteiger partial charge in [0.1, 0.15) is 0 Å². The molecule has 2 heterocycles. The van der Waals surface area contributed by atoms with Crippen molar-refractivity contribution in [3.8, 4) is 0 Å². The molecule has 112 valence electrons.